The zero-order chi connectivity index (χ0) is 11.4. The second-order valence-electron chi connectivity index (χ2n) is 3.60. The lowest BCUT2D eigenvalue weighted by atomic mass is 10.2. The molecule has 1 nitrogen and oxygen atoms in total. The van der Waals surface area contributed by atoms with Crippen molar-refractivity contribution in [3.8, 4) is 0 Å². The number of halogens is 2. The van der Waals surface area contributed by atoms with E-state index < -0.39 is 0 Å². The van der Waals surface area contributed by atoms with Gasteiger partial charge in [-0.2, -0.15) is 0 Å². The lowest BCUT2D eigenvalue weighted by molar-refractivity contribution is 0.354. The highest BCUT2D eigenvalue weighted by Gasteiger charge is 2.11. The zero-order valence-corrected chi connectivity index (χ0v) is 11.0. The van der Waals surface area contributed by atoms with Crippen LogP contribution in [0.15, 0.2) is 24.3 Å². The third-order valence-electron chi connectivity index (χ3n) is 2.12. The standard InChI is InChI=1S/C11H13Cl2NS/c1-8(2)14(11(13)15)7-9-3-5-10(12)6-4-9/h3-6,8H,7H2,1-2H3. The molecule has 15 heavy (non-hydrogen) atoms. The Morgan fingerprint density at radius 2 is 1.87 bits per heavy atom. The van der Waals surface area contributed by atoms with Crippen molar-refractivity contribution in [2.75, 3.05) is 0 Å². The summed E-state index contributed by atoms with van der Waals surface area (Å²) in [4.78, 5) is 1.96. The summed E-state index contributed by atoms with van der Waals surface area (Å²) in [7, 11) is 0. The van der Waals surface area contributed by atoms with Crippen molar-refractivity contribution in [2.45, 2.75) is 26.4 Å². The SMILES string of the molecule is CC(C)N(Cc1ccc(Cl)cc1)C(=S)Cl. The van der Waals surface area contributed by atoms with Crippen LogP contribution in [0.4, 0.5) is 0 Å². The average Bonchev–Trinajstić information content (AvgIpc) is 2.15. The molecule has 0 atom stereocenters. The largest absolute Gasteiger partial charge is 0.347 e. The molecule has 0 fully saturated rings. The van der Waals surface area contributed by atoms with Crippen LogP contribution in [-0.2, 0) is 6.54 Å². The van der Waals surface area contributed by atoms with Crippen LogP contribution < -0.4 is 0 Å². The van der Waals surface area contributed by atoms with Gasteiger partial charge in [0.05, 0.1) is 0 Å². The number of hydrogen-bond acceptors (Lipinski definition) is 1. The van der Waals surface area contributed by atoms with E-state index in [1.807, 2.05) is 29.2 Å². The quantitative estimate of drug-likeness (QED) is 0.459. The Morgan fingerprint density at radius 3 is 2.27 bits per heavy atom. The maximum Gasteiger partial charge on any atom is 0.170 e. The summed E-state index contributed by atoms with van der Waals surface area (Å²) in [6.07, 6.45) is 0. The first-order valence-electron chi connectivity index (χ1n) is 4.71. The topological polar surface area (TPSA) is 3.24 Å². The molecule has 4 heteroatoms. The average molecular weight is 262 g/mol. The van der Waals surface area contributed by atoms with Gasteiger partial charge in [-0.15, -0.1) is 0 Å². The van der Waals surface area contributed by atoms with E-state index in [0.29, 0.717) is 10.5 Å². The molecule has 1 aromatic rings. The summed E-state index contributed by atoms with van der Waals surface area (Å²) in [5.41, 5.74) is 1.15. The fraction of sp³-hybridized carbons (Fsp3) is 0.364. The Labute approximate surface area is 106 Å². The van der Waals surface area contributed by atoms with Crippen LogP contribution in [0.5, 0.6) is 0 Å². The van der Waals surface area contributed by atoms with Gasteiger partial charge in [-0.1, -0.05) is 35.3 Å². The van der Waals surface area contributed by atoms with Gasteiger partial charge in [0.25, 0.3) is 0 Å². The highest BCUT2D eigenvalue weighted by atomic mass is 35.5. The van der Waals surface area contributed by atoms with E-state index >= 15 is 0 Å². The molecule has 0 aliphatic carbocycles. The van der Waals surface area contributed by atoms with Crippen molar-refractivity contribution in [3.05, 3.63) is 34.9 Å². The minimum absolute atomic E-state index is 0.297. The molecule has 0 saturated carbocycles. The minimum Gasteiger partial charge on any atom is -0.347 e. The first-order valence-corrected chi connectivity index (χ1v) is 5.87. The monoisotopic (exact) mass is 261 g/mol. The van der Waals surface area contributed by atoms with Crippen molar-refractivity contribution < 1.29 is 0 Å². The smallest absolute Gasteiger partial charge is 0.170 e. The lowest BCUT2D eigenvalue weighted by Gasteiger charge is -2.26. The summed E-state index contributed by atoms with van der Waals surface area (Å²) in [5.74, 6) is 0. The highest BCUT2D eigenvalue weighted by Crippen LogP contribution is 2.14. The molecule has 0 amide bonds. The molecule has 82 valence electrons. The molecule has 0 saturated heterocycles. The van der Waals surface area contributed by atoms with Crippen molar-refractivity contribution in [2.24, 2.45) is 0 Å². The molecule has 1 rings (SSSR count). The van der Waals surface area contributed by atoms with E-state index in [2.05, 4.69) is 13.8 Å². The maximum absolute atomic E-state index is 5.85. The van der Waals surface area contributed by atoms with Crippen LogP contribution in [-0.4, -0.2) is 15.4 Å². The van der Waals surface area contributed by atoms with Gasteiger partial charge in [0.15, 0.2) is 4.45 Å². The van der Waals surface area contributed by atoms with Gasteiger partial charge in [0, 0.05) is 17.6 Å². The van der Waals surface area contributed by atoms with Crippen LogP contribution in [0.1, 0.15) is 19.4 Å². The second-order valence-corrected chi connectivity index (χ2v) is 5.01. The lowest BCUT2D eigenvalue weighted by Crippen LogP contribution is -2.32. The van der Waals surface area contributed by atoms with Crippen molar-refractivity contribution in [1.29, 1.82) is 0 Å². The molecule has 0 bridgehead atoms. The third kappa shape index (κ3) is 3.98. The van der Waals surface area contributed by atoms with Gasteiger partial charge >= 0.3 is 0 Å². The molecule has 0 unspecified atom stereocenters. The first kappa shape index (κ1) is 12.8. The van der Waals surface area contributed by atoms with E-state index in [0.717, 1.165) is 17.1 Å². The highest BCUT2D eigenvalue weighted by molar-refractivity contribution is 7.83. The van der Waals surface area contributed by atoms with Gasteiger partial charge in [-0.05, 0) is 43.8 Å². The number of hydrogen-bond donors (Lipinski definition) is 0. The summed E-state index contributed by atoms with van der Waals surface area (Å²) in [6.45, 7) is 4.84. The van der Waals surface area contributed by atoms with Gasteiger partial charge in [-0.3, -0.25) is 0 Å². The predicted octanol–water partition coefficient (Wildman–Crippen LogP) is 4.07. The van der Waals surface area contributed by atoms with Crippen LogP contribution in [0.3, 0.4) is 0 Å². The van der Waals surface area contributed by atoms with Crippen molar-refractivity contribution in [1.82, 2.24) is 4.90 Å². The summed E-state index contributed by atoms with van der Waals surface area (Å²) in [5, 5.41) is 0.739. The van der Waals surface area contributed by atoms with Crippen LogP contribution in [0, 0.1) is 0 Å². The number of rotatable bonds is 3. The van der Waals surface area contributed by atoms with Crippen molar-refractivity contribution in [3.63, 3.8) is 0 Å². The fourth-order valence-corrected chi connectivity index (χ4v) is 1.89. The van der Waals surface area contributed by atoms with Gasteiger partial charge in [0.2, 0.25) is 0 Å². The second kappa shape index (κ2) is 5.69. The minimum atomic E-state index is 0.297. The Kier molecular flexibility index (Phi) is 4.84. The molecule has 0 aromatic heterocycles. The van der Waals surface area contributed by atoms with E-state index in [9.17, 15) is 0 Å². The van der Waals surface area contributed by atoms with Crippen LogP contribution in [0.2, 0.25) is 5.02 Å². The molecule has 1 aromatic carbocycles. The number of thiocarbonyl (C=S) groups is 1. The van der Waals surface area contributed by atoms with E-state index in [1.54, 1.807) is 0 Å². The maximum atomic E-state index is 5.85. The predicted molar refractivity (Wildman–Crippen MR) is 70.6 cm³/mol. The van der Waals surface area contributed by atoms with Crippen molar-refractivity contribution >= 4 is 39.9 Å². The Morgan fingerprint density at radius 1 is 1.33 bits per heavy atom. The fourth-order valence-electron chi connectivity index (χ4n) is 1.23. The van der Waals surface area contributed by atoms with E-state index in [4.69, 9.17) is 35.4 Å². The zero-order valence-electron chi connectivity index (χ0n) is 8.71. The molecule has 0 radical (unpaired) electrons. The van der Waals surface area contributed by atoms with E-state index in [1.165, 1.54) is 0 Å². The molecule has 0 aliphatic rings. The number of benzene rings is 1. The Hall–Kier alpha value is -0.310. The summed E-state index contributed by atoms with van der Waals surface area (Å²) < 4.78 is 0.403. The third-order valence-corrected chi connectivity index (χ3v) is 2.82. The van der Waals surface area contributed by atoms with E-state index in [-0.39, 0.29) is 0 Å². The van der Waals surface area contributed by atoms with Crippen LogP contribution in [0.25, 0.3) is 0 Å². The van der Waals surface area contributed by atoms with Gasteiger partial charge < -0.3 is 4.90 Å². The number of nitrogens with zero attached hydrogens (tertiary/aromatic N) is 1. The molecule has 0 N–H and O–H groups in total. The molecule has 0 heterocycles. The van der Waals surface area contributed by atoms with Crippen LogP contribution >= 0.6 is 35.4 Å². The summed E-state index contributed by atoms with van der Waals surface area (Å²) >= 11 is 16.6. The molecular formula is C11H13Cl2NS. The Bertz CT molecular complexity index is 335. The molecule has 0 aliphatic heterocycles. The normalized spacial score (nSPS) is 10.5. The molecule has 0 spiro atoms. The first-order chi connectivity index (χ1) is 7.00. The Balaban J connectivity index is 2.74. The van der Waals surface area contributed by atoms with Gasteiger partial charge in [0.1, 0.15) is 0 Å². The van der Waals surface area contributed by atoms with Gasteiger partial charge in [-0.25, -0.2) is 0 Å². The summed E-state index contributed by atoms with van der Waals surface area (Å²) in [6, 6.07) is 7.99. The molecular weight excluding hydrogens is 249 g/mol.